The molecule has 2 N–H and O–H groups in total. The van der Waals surface area contributed by atoms with Crippen molar-refractivity contribution in [3.05, 3.63) is 49.6 Å². The zero-order valence-corrected chi connectivity index (χ0v) is 13.3. The van der Waals surface area contributed by atoms with Crippen molar-refractivity contribution in [1.29, 1.82) is 0 Å². The normalized spacial score (nSPS) is 21.9. The van der Waals surface area contributed by atoms with Crippen LogP contribution in [0.5, 0.6) is 5.75 Å². The van der Waals surface area contributed by atoms with E-state index in [0.29, 0.717) is 0 Å². The van der Waals surface area contributed by atoms with Gasteiger partial charge in [-0.2, -0.15) is 0 Å². The smallest absolute Gasteiger partial charge is 0.127 e. The molecule has 4 heteroatoms. The molecule has 2 nitrogen and oxygen atoms in total. The third kappa shape index (κ3) is 2.45. The number of nitrogens with two attached hydrogens (primary N) is 1. The van der Waals surface area contributed by atoms with Gasteiger partial charge in [0.15, 0.2) is 0 Å². The van der Waals surface area contributed by atoms with Gasteiger partial charge in [-0.3, -0.25) is 0 Å². The molecule has 2 atom stereocenters. The molecule has 0 amide bonds. The van der Waals surface area contributed by atoms with Crippen LogP contribution in [-0.4, -0.2) is 0 Å². The van der Waals surface area contributed by atoms with Gasteiger partial charge in [-0.15, -0.1) is 11.3 Å². The average Bonchev–Trinajstić information content (AvgIpc) is 2.69. The molecule has 2 heterocycles. The van der Waals surface area contributed by atoms with E-state index in [-0.39, 0.29) is 12.1 Å². The maximum atomic E-state index is 6.30. The summed E-state index contributed by atoms with van der Waals surface area (Å²) in [7, 11) is 0. The highest BCUT2D eigenvalue weighted by molar-refractivity contribution is 9.10. The molecule has 100 valence electrons. The lowest BCUT2D eigenvalue weighted by Gasteiger charge is -2.30. The zero-order chi connectivity index (χ0) is 13.6. The van der Waals surface area contributed by atoms with Crippen LogP contribution < -0.4 is 10.5 Å². The highest BCUT2D eigenvalue weighted by atomic mass is 79.9. The Morgan fingerprint density at radius 3 is 2.74 bits per heavy atom. The first-order valence-electron chi connectivity index (χ1n) is 6.33. The fourth-order valence-electron chi connectivity index (χ4n) is 2.64. The SMILES string of the molecule is Cc1cc(C2C[C@@H](N)c3cc(Br)ccc3O2)c(C)s1. The van der Waals surface area contributed by atoms with E-state index in [2.05, 4.69) is 41.9 Å². The van der Waals surface area contributed by atoms with E-state index in [1.54, 1.807) is 0 Å². The Morgan fingerprint density at radius 2 is 2.05 bits per heavy atom. The number of benzene rings is 1. The highest BCUT2D eigenvalue weighted by Crippen LogP contribution is 2.42. The number of hydrogen-bond acceptors (Lipinski definition) is 3. The van der Waals surface area contributed by atoms with Crippen LogP contribution in [0.25, 0.3) is 0 Å². The molecule has 1 aliphatic rings. The van der Waals surface area contributed by atoms with Gasteiger partial charge < -0.3 is 10.5 Å². The molecule has 0 bridgehead atoms. The molecule has 0 spiro atoms. The lowest BCUT2D eigenvalue weighted by molar-refractivity contribution is 0.161. The van der Waals surface area contributed by atoms with Crippen LogP contribution in [0.15, 0.2) is 28.7 Å². The molecule has 0 radical (unpaired) electrons. The maximum absolute atomic E-state index is 6.30. The zero-order valence-electron chi connectivity index (χ0n) is 10.9. The van der Waals surface area contributed by atoms with E-state index in [9.17, 15) is 0 Å². The van der Waals surface area contributed by atoms with Gasteiger partial charge in [0.05, 0.1) is 0 Å². The molecular weight excluding hydrogens is 322 g/mol. The minimum absolute atomic E-state index is 0.0332. The lowest BCUT2D eigenvalue weighted by Crippen LogP contribution is -2.24. The predicted molar refractivity (Wildman–Crippen MR) is 82.8 cm³/mol. The first kappa shape index (κ1) is 13.2. The summed E-state index contributed by atoms with van der Waals surface area (Å²) in [5, 5.41) is 0. The molecule has 2 aromatic rings. The fraction of sp³-hybridized carbons (Fsp3) is 0.333. The Kier molecular flexibility index (Phi) is 3.41. The van der Waals surface area contributed by atoms with Crippen molar-refractivity contribution in [2.24, 2.45) is 5.73 Å². The second-order valence-electron chi connectivity index (χ2n) is 5.00. The molecule has 0 saturated carbocycles. The molecule has 1 aromatic heterocycles. The van der Waals surface area contributed by atoms with E-state index in [0.717, 1.165) is 22.2 Å². The van der Waals surface area contributed by atoms with Crippen molar-refractivity contribution in [2.75, 3.05) is 0 Å². The van der Waals surface area contributed by atoms with Crippen molar-refractivity contribution >= 4 is 27.3 Å². The van der Waals surface area contributed by atoms with Gasteiger partial charge in [-0.1, -0.05) is 15.9 Å². The van der Waals surface area contributed by atoms with Gasteiger partial charge in [0.1, 0.15) is 11.9 Å². The topological polar surface area (TPSA) is 35.2 Å². The molecule has 0 saturated heterocycles. The third-order valence-electron chi connectivity index (χ3n) is 3.53. The Bertz CT molecular complexity index is 623. The molecule has 1 unspecified atom stereocenters. The Labute approximate surface area is 125 Å². The van der Waals surface area contributed by atoms with E-state index >= 15 is 0 Å². The molecule has 0 fully saturated rings. The Hall–Kier alpha value is -0.840. The number of halogens is 1. The van der Waals surface area contributed by atoms with Crippen LogP contribution in [0.1, 0.15) is 39.4 Å². The van der Waals surface area contributed by atoms with Crippen LogP contribution >= 0.6 is 27.3 Å². The molecule has 3 rings (SSSR count). The quantitative estimate of drug-likeness (QED) is 0.821. The van der Waals surface area contributed by atoms with Gasteiger partial charge in [0.25, 0.3) is 0 Å². The van der Waals surface area contributed by atoms with Crippen LogP contribution in [0.3, 0.4) is 0 Å². The summed E-state index contributed by atoms with van der Waals surface area (Å²) in [5.74, 6) is 0.912. The summed E-state index contributed by atoms with van der Waals surface area (Å²) in [6.07, 6.45) is 0.911. The first-order valence-corrected chi connectivity index (χ1v) is 7.94. The molecule has 1 aromatic carbocycles. The average molecular weight is 338 g/mol. The highest BCUT2D eigenvalue weighted by Gasteiger charge is 2.28. The second kappa shape index (κ2) is 4.93. The maximum Gasteiger partial charge on any atom is 0.127 e. The number of fused-ring (bicyclic) bond motifs is 1. The fourth-order valence-corrected chi connectivity index (χ4v) is 3.99. The van der Waals surface area contributed by atoms with Crippen molar-refractivity contribution < 1.29 is 4.74 Å². The minimum atomic E-state index is 0.0332. The number of hydrogen-bond donors (Lipinski definition) is 1. The second-order valence-corrected chi connectivity index (χ2v) is 7.38. The van der Waals surface area contributed by atoms with Gasteiger partial charge in [-0.05, 0) is 38.1 Å². The van der Waals surface area contributed by atoms with Crippen LogP contribution in [0, 0.1) is 13.8 Å². The van der Waals surface area contributed by atoms with Crippen molar-refractivity contribution in [2.45, 2.75) is 32.4 Å². The van der Waals surface area contributed by atoms with E-state index in [4.69, 9.17) is 10.5 Å². The monoisotopic (exact) mass is 337 g/mol. The summed E-state index contributed by atoms with van der Waals surface area (Å²) < 4.78 is 7.19. The van der Waals surface area contributed by atoms with E-state index in [1.165, 1.54) is 15.3 Å². The summed E-state index contributed by atoms with van der Waals surface area (Å²) in [5.41, 5.74) is 8.68. The summed E-state index contributed by atoms with van der Waals surface area (Å²) in [6.45, 7) is 4.29. The Morgan fingerprint density at radius 1 is 1.26 bits per heavy atom. The van der Waals surface area contributed by atoms with Gasteiger partial charge >= 0.3 is 0 Å². The van der Waals surface area contributed by atoms with Gasteiger partial charge in [0.2, 0.25) is 0 Å². The molecule has 0 aliphatic carbocycles. The van der Waals surface area contributed by atoms with Crippen molar-refractivity contribution in [3.8, 4) is 5.75 Å². The standard InChI is InChI=1S/C15H16BrNOS/c1-8-5-11(9(2)19-8)15-7-13(17)12-6-10(16)3-4-14(12)18-15/h3-6,13,15H,7,17H2,1-2H3/t13-,15?/m1/s1. The molecule has 1 aliphatic heterocycles. The van der Waals surface area contributed by atoms with E-state index < -0.39 is 0 Å². The van der Waals surface area contributed by atoms with Crippen molar-refractivity contribution in [3.63, 3.8) is 0 Å². The van der Waals surface area contributed by atoms with Crippen LogP contribution in [0.4, 0.5) is 0 Å². The largest absolute Gasteiger partial charge is 0.485 e. The lowest BCUT2D eigenvalue weighted by atomic mass is 9.94. The Balaban J connectivity index is 1.97. The first-order chi connectivity index (χ1) is 9.04. The van der Waals surface area contributed by atoms with Gasteiger partial charge in [-0.25, -0.2) is 0 Å². The van der Waals surface area contributed by atoms with Crippen LogP contribution in [0.2, 0.25) is 0 Å². The minimum Gasteiger partial charge on any atom is -0.485 e. The van der Waals surface area contributed by atoms with E-state index in [1.807, 2.05) is 23.5 Å². The third-order valence-corrected chi connectivity index (χ3v) is 5.01. The van der Waals surface area contributed by atoms with Gasteiger partial charge in [0, 0.05) is 37.8 Å². The number of ether oxygens (including phenoxy) is 1. The summed E-state index contributed by atoms with van der Waals surface area (Å²) in [6, 6.07) is 8.31. The number of aryl methyl sites for hydroxylation is 2. The van der Waals surface area contributed by atoms with Crippen LogP contribution in [-0.2, 0) is 0 Å². The summed E-state index contributed by atoms with van der Waals surface area (Å²) in [4.78, 5) is 2.65. The molecular formula is C15H16BrNOS. The predicted octanol–water partition coefficient (Wildman–Crippen LogP) is 4.65. The van der Waals surface area contributed by atoms with Crippen molar-refractivity contribution in [1.82, 2.24) is 0 Å². The molecule has 19 heavy (non-hydrogen) atoms. The summed E-state index contributed by atoms with van der Waals surface area (Å²) >= 11 is 5.30. The number of thiophene rings is 1. The number of rotatable bonds is 1.